The van der Waals surface area contributed by atoms with Gasteiger partial charge in [0.1, 0.15) is 0 Å². The van der Waals surface area contributed by atoms with Crippen LogP contribution in [0.25, 0.3) is 0 Å². The van der Waals surface area contributed by atoms with Crippen LogP contribution in [0.15, 0.2) is 36.4 Å². The van der Waals surface area contributed by atoms with E-state index >= 15 is 0 Å². The summed E-state index contributed by atoms with van der Waals surface area (Å²) in [6, 6.07) is 5.87. The summed E-state index contributed by atoms with van der Waals surface area (Å²) in [6.45, 7) is -0.753. The van der Waals surface area contributed by atoms with Crippen LogP contribution in [0.1, 0.15) is 10.4 Å². The molecular formula is C15H9ClF2N2O5. The highest BCUT2D eigenvalue weighted by Gasteiger charge is 2.18. The maximum Gasteiger partial charge on any atom is 0.340 e. The Morgan fingerprint density at radius 3 is 2.52 bits per heavy atom. The molecule has 0 aliphatic rings. The minimum absolute atomic E-state index is 0.0340. The number of hydrogen-bond acceptors (Lipinski definition) is 5. The predicted molar refractivity (Wildman–Crippen MR) is 83.4 cm³/mol. The number of rotatable bonds is 5. The number of nitro groups is 1. The standard InChI is InChI=1S/C15H9ClF2N2O5/c16-11-3-2-9(20(23)24)6-10(11)15(22)25-7-14(21)19-8-1-4-12(17)13(18)5-8/h1-6H,7H2,(H,19,21). The van der Waals surface area contributed by atoms with Crippen LogP contribution >= 0.6 is 11.6 Å². The van der Waals surface area contributed by atoms with Gasteiger partial charge in [0.2, 0.25) is 0 Å². The van der Waals surface area contributed by atoms with Crippen LogP contribution < -0.4 is 5.32 Å². The van der Waals surface area contributed by atoms with Gasteiger partial charge in [-0.25, -0.2) is 13.6 Å². The van der Waals surface area contributed by atoms with E-state index in [4.69, 9.17) is 16.3 Å². The van der Waals surface area contributed by atoms with Crippen LogP contribution in [-0.4, -0.2) is 23.4 Å². The summed E-state index contributed by atoms with van der Waals surface area (Å²) in [5.41, 5.74) is -0.688. The first-order valence-electron chi connectivity index (χ1n) is 6.64. The molecule has 2 aromatic carbocycles. The van der Waals surface area contributed by atoms with E-state index in [1.54, 1.807) is 0 Å². The zero-order chi connectivity index (χ0) is 18.6. The zero-order valence-corrected chi connectivity index (χ0v) is 13.0. The lowest BCUT2D eigenvalue weighted by molar-refractivity contribution is -0.384. The highest BCUT2D eigenvalue weighted by atomic mass is 35.5. The molecule has 7 nitrogen and oxygen atoms in total. The molecule has 0 saturated carbocycles. The van der Waals surface area contributed by atoms with Crippen molar-refractivity contribution in [3.8, 4) is 0 Å². The normalized spacial score (nSPS) is 10.2. The second kappa shape index (κ2) is 7.67. The molecule has 1 amide bonds. The van der Waals surface area contributed by atoms with Gasteiger partial charge in [-0.1, -0.05) is 11.6 Å². The molecule has 0 saturated heterocycles. The van der Waals surface area contributed by atoms with Crippen LogP contribution in [-0.2, 0) is 9.53 Å². The largest absolute Gasteiger partial charge is 0.452 e. The number of hydrogen-bond donors (Lipinski definition) is 1. The maximum atomic E-state index is 13.0. The van der Waals surface area contributed by atoms with E-state index in [-0.39, 0.29) is 22.0 Å². The molecule has 130 valence electrons. The Balaban J connectivity index is 1.99. The lowest BCUT2D eigenvalue weighted by atomic mass is 10.2. The van der Waals surface area contributed by atoms with Crippen molar-refractivity contribution in [2.75, 3.05) is 11.9 Å². The van der Waals surface area contributed by atoms with Crippen LogP contribution in [0.3, 0.4) is 0 Å². The molecular weight excluding hydrogens is 362 g/mol. The molecule has 0 atom stereocenters. The van der Waals surface area contributed by atoms with Gasteiger partial charge in [-0.05, 0) is 18.2 Å². The van der Waals surface area contributed by atoms with Gasteiger partial charge >= 0.3 is 5.97 Å². The molecule has 2 rings (SSSR count). The van der Waals surface area contributed by atoms with Gasteiger partial charge in [0, 0.05) is 23.9 Å². The summed E-state index contributed by atoms with van der Waals surface area (Å²) >= 11 is 5.77. The maximum absolute atomic E-state index is 13.0. The fraction of sp³-hybridized carbons (Fsp3) is 0.0667. The molecule has 0 fully saturated rings. The van der Waals surface area contributed by atoms with Crippen LogP contribution in [0.2, 0.25) is 5.02 Å². The van der Waals surface area contributed by atoms with Crippen LogP contribution in [0, 0.1) is 21.7 Å². The molecule has 1 N–H and O–H groups in total. The quantitative estimate of drug-likeness (QED) is 0.494. The first-order chi connectivity index (χ1) is 11.8. The molecule has 0 aromatic heterocycles. The summed E-state index contributed by atoms with van der Waals surface area (Å²) < 4.78 is 30.5. The van der Waals surface area contributed by atoms with E-state index in [1.807, 2.05) is 0 Å². The lowest BCUT2D eigenvalue weighted by Gasteiger charge is -2.08. The average Bonchev–Trinajstić information content (AvgIpc) is 2.56. The fourth-order valence-electron chi connectivity index (χ4n) is 1.76. The van der Waals surface area contributed by atoms with Crippen molar-refractivity contribution < 1.29 is 28.0 Å². The van der Waals surface area contributed by atoms with Crippen molar-refractivity contribution in [1.82, 2.24) is 0 Å². The van der Waals surface area contributed by atoms with Gasteiger partial charge in [-0.15, -0.1) is 0 Å². The molecule has 0 unspecified atom stereocenters. The van der Waals surface area contributed by atoms with Crippen LogP contribution in [0.4, 0.5) is 20.2 Å². The number of nitro benzene ring substituents is 1. The van der Waals surface area contributed by atoms with Gasteiger partial charge in [0.05, 0.1) is 15.5 Å². The Kier molecular flexibility index (Phi) is 5.60. The van der Waals surface area contributed by atoms with Gasteiger partial charge in [-0.3, -0.25) is 14.9 Å². The predicted octanol–water partition coefficient (Wildman–Crippen LogP) is 3.32. The van der Waals surface area contributed by atoms with Crippen molar-refractivity contribution in [1.29, 1.82) is 0 Å². The highest BCUT2D eigenvalue weighted by Crippen LogP contribution is 2.22. The topological polar surface area (TPSA) is 98.5 Å². The van der Waals surface area contributed by atoms with Gasteiger partial charge in [0.25, 0.3) is 11.6 Å². The third-order valence-corrected chi connectivity index (χ3v) is 3.25. The van der Waals surface area contributed by atoms with E-state index < -0.39 is 35.0 Å². The number of carbonyl (C=O) groups is 2. The van der Waals surface area contributed by atoms with Gasteiger partial charge in [-0.2, -0.15) is 0 Å². The first kappa shape index (κ1) is 18.3. The highest BCUT2D eigenvalue weighted by molar-refractivity contribution is 6.33. The van der Waals surface area contributed by atoms with E-state index in [1.165, 1.54) is 0 Å². The van der Waals surface area contributed by atoms with Crippen molar-refractivity contribution in [3.05, 3.63) is 68.7 Å². The number of amides is 1. The molecule has 25 heavy (non-hydrogen) atoms. The van der Waals surface area contributed by atoms with Crippen molar-refractivity contribution >= 4 is 34.9 Å². The molecule has 0 bridgehead atoms. The number of nitrogens with zero attached hydrogens (tertiary/aromatic N) is 1. The fourth-order valence-corrected chi connectivity index (χ4v) is 1.96. The van der Waals surface area contributed by atoms with Crippen molar-refractivity contribution in [3.63, 3.8) is 0 Å². The third-order valence-electron chi connectivity index (χ3n) is 2.92. The molecule has 2 aromatic rings. The number of anilines is 1. The number of non-ortho nitro benzene ring substituents is 1. The minimum atomic E-state index is -1.15. The zero-order valence-electron chi connectivity index (χ0n) is 12.3. The van der Waals surface area contributed by atoms with Gasteiger partial charge in [0.15, 0.2) is 18.2 Å². The summed E-state index contributed by atoms with van der Waals surface area (Å²) in [7, 11) is 0. The Hall–Kier alpha value is -3.07. The number of carbonyl (C=O) groups excluding carboxylic acids is 2. The molecule has 0 heterocycles. The summed E-state index contributed by atoms with van der Waals surface area (Å²) in [4.78, 5) is 33.5. The van der Waals surface area contributed by atoms with Crippen molar-refractivity contribution in [2.45, 2.75) is 0 Å². The van der Waals surface area contributed by atoms with Gasteiger partial charge < -0.3 is 10.1 Å². The number of nitrogens with one attached hydrogen (secondary N) is 1. The second-order valence-electron chi connectivity index (χ2n) is 4.67. The number of benzene rings is 2. The number of esters is 1. The second-order valence-corrected chi connectivity index (χ2v) is 5.08. The Bertz CT molecular complexity index is 860. The van der Waals surface area contributed by atoms with E-state index in [0.717, 1.165) is 36.4 Å². The van der Waals surface area contributed by atoms with E-state index in [0.29, 0.717) is 0 Å². The summed E-state index contributed by atoms with van der Waals surface area (Å²) in [6.07, 6.45) is 0. The SMILES string of the molecule is O=C(COC(=O)c1cc([N+](=O)[O-])ccc1Cl)Nc1ccc(F)c(F)c1. The molecule has 0 aliphatic heterocycles. The van der Waals surface area contributed by atoms with E-state index in [2.05, 4.69) is 5.32 Å². The number of ether oxygens (including phenoxy) is 1. The Labute approximate surface area is 144 Å². The molecule has 0 spiro atoms. The Morgan fingerprint density at radius 1 is 1.16 bits per heavy atom. The number of halogens is 3. The molecule has 10 heteroatoms. The average molecular weight is 371 g/mol. The third kappa shape index (κ3) is 4.70. The summed E-state index contributed by atoms with van der Waals surface area (Å²) in [5.74, 6) is -4.10. The monoisotopic (exact) mass is 370 g/mol. The Morgan fingerprint density at radius 2 is 1.88 bits per heavy atom. The summed E-state index contributed by atoms with van der Waals surface area (Å²) in [5, 5.41) is 12.8. The van der Waals surface area contributed by atoms with Crippen LogP contribution in [0.5, 0.6) is 0 Å². The van der Waals surface area contributed by atoms with E-state index in [9.17, 15) is 28.5 Å². The lowest BCUT2D eigenvalue weighted by Crippen LogP contribution is -2.21. The smallest absolute Gasteiger partial charge is 0.340 e. The molecule has 0 aliphatic carbocycles. The molecule has 0 radical (unpaired) electrons. The first-order valence-corrected chi connectivity index (χ1v) is 7.01. The van der Waals surface area contributed by atoms with Crippen molar-refractivity contribution in [2.24, 2.45) is 0 Å². The minimum Gasteiger partial charge on any atom is -0.452 e.